The number of cyclic esters (lactones) is 1. The Morgan fingerprint density at radius 3 is 2.64 bits per heavy atom. The van der Waals surface area contributed by atoms with Gasteiger partial charge in [0, 0.05) is 17.2 Å². The summed E-state index contributed by atoms with van der Waals surface area (Å²) in [6.07, 6.45) is 1.48. The van der Waals surface area contributed by atoms with Gasteiger partial charge < -0.3 is 14.2 Å². The normalized spacial score (nSPS) is 13.8. The molecule has 0 amide bonds. The van der Waals surface area contributed by atoms with E-state index in [9.17, 15) is 19.7 Å². The average Bonchev–Trinajstić information content (AvgIpc) is 3.20. The van der Waals surface area contributed by atoms with Crippen LogP contribution >= 0.6 is 34.2 Å². The molecular weight excluding hydrogens is 603 g/mol. The fourth-order valence-corrected chi connectivity index (χ4v) is 4.38. The lowest BCUT2D eigenvalue weighted by Crippen LogP contribution is -2.11. The first-order valence-corrected chi connectivity index (χ1v) is 11.8. The van der Waals surface area contributed by atoms with E-state index in [-0.39, 0.29) is 39.4 Å². The summed E-state index contributed by atoms with van der Waals surface area (Å²) in [5.74, 6) is -0.947. The zero-order chi connectivity index (χ0) is 26.0. The molecule has 0 aliphatic carbocycles. The number of carbonyl (C=O) groups excluding carboxylic acids is 2. The van der Waals surface area contributed by atoms with Crippen molar-refractivity contribution in [1.82, 2.24) is 0 Å². The van der Waals surface area contributed by atoms with Crippen molar-refractivity contribution in [2.75, 3.05) is 7.11 Å². The van der Waals surface area contributed by atoms with Gasteiger partial charge in [-0.1, -0.05) is 29.8 Å². The molecule has 1 heterocycles. The second-order valence-electron chi connectivity index (χ2n) is 7.45. The Hall–Kier alpha value is -3.77. The number of hydrogen-bond donors (Lipinski definition) is 0. The maximum atomic E-state index is 12.6. The molecule has 0 aromatic heterocycles. The number of benzene rings is 3. The Balaban J connectivity index is 1.66. The molecule has 1 aliphatic heterocycles. The molecule has 36 heavy (non-hydrogen) atoms. The standard InChI is InChI=1S/C25H16ClIN2O7/c1-13-15(7-5-9-20(13)29(32)33)23-28-19(25(31)36-23)11-14-10-18(27)22(21(12-14)34-2)35-24(30)16-6-3-4-8-17(16)26/h3-12H,1-2H3/b19-11-. The first-order chi connectivity index (χ1) is 17.2. The van der Waals surface area contributed by atoms with Crippen molar-refractivity contribution < 1.29 is 28.7 Å². The summed E-state index contributed by atoms with van der Waals surface area (Å²) in [4.78, 5) is 40.1. The number of halogens is 2. The number of carbonyl (C=O) groups is 2. The first kappa shape index (κ1) is 25.3. The van der Waals surface area contributed by atoms with Gasteiger partial charge in [-0.3, -0.25) is 10.1 Å². The van der Waals surface area contributed by atoms with Gasteiger partial charge in [0.25, 0.3) is 5.69 Å². The maximum absolute atomic E-state index is 12.6. The Kier molecular flexibility index (Phi) is 7.36. The minimum absolute atomic E-state index is 0.00503. The molecule has 0 radical (unpaired) electrons. The van der Waals surface area contributed by atoms with E-state index in [1.54, 1.807) is 49.4 Å². The number of nitro benzene ring substituents is 1. The highest BCUT2D eigenvalue weighted by molar-refractivity contribution is 14.1. The zero-order valence-electron chi connectivity index (χ0n) is 18.8. The number of nitro groups is 1. The number of rotatable bonds is 6. The summed E-state index contributed by atoms with van der Waals surface area (Å²) in [7, 11) is 1.42. The summed E-state index contributed by atoms with van der Waals surface area (Å²) in [6, 6.07) is 14.2. The van der Waals surface area contributed by atoms with Crippen LogP contribution in [0.25, 0.3) is 6.08 Å². The summed E-state index contributed by atoms with van der Waals surface area (Å²) < 4.78 is 16.8. The van der Waals surface area contributed by atoms with Gasteiger partial charge in [0.05, 0.1) is 26.2 Å². The van der Waals surface area contributed by atoms with Gasteiger partial charge in [-0.15, -0.1) is 0 Å². The molecule has 3 aromatic rings. The largest absolute Gasteiger partial charge is 0.493 e. The van der Waals surface area contributed by atoms with E-state index < -0.39 is 16.9 Å². The Bertz CT molecular complexity index is 1480. The van der Waals surface area contributed by atoms with Gasteiger partial charge in [0.1, 0.15) is 0 Å². The van der Waals surface area contributed by atoms with Gasteiger partial charge in [0.2, 0.25) is 5.90 Å². The third-order valence-corrected chi connectivity index (χ3v) is 6.33. The van der Waals surface area contributed by atoms with Crippen LogP contribution in [0.2, 0.25) is 5.02 Å². The van der Waals surface area contributed by atoms with E-state index >= 15 is 0 Å². The van der Waals surface area contributed by atoms with Crippen molar-refractivity contribution >= 4 is 63.8 Å². The molecule has 11 heteroatoms. The predicted octanol–water partition coefficient (Wildman–Crippen LogP) is 5.73. The highest BCUT2D eigenvalue weighted by Crippen LogP contribution is 2.36. The highest BCUT2D eigenvalue weighted by atomic mass is 127. The summed E-state index contributed by atoms with van der Waals surface area (Å²) in [5.41, 5.74) is 1.29. The van der Waals surface area contributed by atoms with Crippen LogP contribution in [-0.2, 0) is 9.53 Å². The smallest absolute Gasteiger partial charge is 0.363 e. The number of ether oxygens (including phenoxy) is 3. The van der Waals surface area contributed by atoms with Crippen molar-refractivity contribution in [3.63, 3.8) is 0 Å². The molecule has 9 nitrogen and oxygen atoms in total. The van der Waals surface area contributed by atoms with Crippen LogP contribution in [0.1, 0.15) is 27.0 Å². The SMILES string of the molecule is COc1cc(/C=C2\N=C(c3cccc([N+](=O)[O-])c3C)OC2=O)cc(I)c1OC(=O)c1ccccc1Cl. The fraction of sp³-hybridized carbons (Fsp3) is 0.0800. The minimum atomic E-state index is -0.709. The Morgan fingerprint density at radius 2 is 1.94 bits per heavy atom. The van der Waals surface area contributed by atoms with E-state index in [4.69, 9.17) is 25.8 Å². The first-order valence-electron chi connectivity index (χ1n) is 10.3. The second kappa shape index (κ2) is 10.5. The molecule has 0 spiro atoms. The molecule has 0 saturated carbocycles. The van der Waals surface area contributed by atoms with Crippen LogP contribution in [0.5, 0.6) is 11.5 Å². The van der Waals surface area contributed by atoms with Gasteiger partial charge in [0.15, 0.2) is 17.2 Å². The van der Waals surface area contributed by atoms with E-state index in [1.807, 2.05) is 22.6 Å². The van der Waals surface area contributed by atoms with Crippen molar-refractivity contribution in [2.45, 2.75) is 6.92 Å². The molecule has 0 unspecified atom stereocenters. The molecule has 0 N–H and O–H groups in total. The average molecular weight is 619 g/mol. The zero-order valence-corrected chi connectivity index (χ0v) is 21.7. The van der Waals surface area contributed by atoms with Crippen LogP contribution in [0.4, 0.5) is 5.69 Å². The summed E-state index contributed by atoms with van der Waals surface area (Å²) in [5, 5.41) is 11.5. The monoisotopic (exact) mass is 618 g/mol. The highest BCUT2D eigenvalue weighted by Gasteiger charge is 2.28. The Labute approximate surface area is 223 Å². The summed E-state index contributed by atoms with van der Waals surface area (Å²) in [6.45, 7) is 1.56. The van der Waals surface area contributed by atoms with E-state index in [0.717, 1.165) is 0 Å². The van der Waals surface area contributed by atoms with Gasteiger partial charge in [-0.25, -0.2) is 14.6 Å². The number of esters is 2. The van der Waals surface area contributed by atoms with Gasteiger partial charge in [-0.05, 0) is 71.5 Å². The quantitative estimate of drug-likeness (QED) is 0.0864. The molecule has 0 saturated heterocycles. The summed E-state index contributed by atoms with van der Waals surface area (Å²) >= 11 is 8.07. The van der Waals surface area contributed by atoms with Crippen molar-refractivity contribution in [2.24, 2.45) is 4.99 Å². The van der Waals surface area contributed by atoms with Gasteiger partial charge in [-0.2, -0.15) is 0 Å². The Morgan fingerprint density at radius 1 is 1.19 bits per heavy atom. The number of methoxy groups -OCH3 is 1. The molecule has 0 atom stereocenters. The second-order valence-corrected chi connectivity index (χ2v) is 9.02. The van der Waals surface area contributed by atoms with E-state index in [1.165, 1.54) is 25.3 Å². The van der Waals surface area contributed by atoms with Crippen molar-refractivity contribution in [3.8, 4) is 11.5 Å². The number of hydrogen-bond acceptors (Lipinski definition) is 8. The van der Waals surface area contributed by atoms with Crippen molar-refractivity contribution in [1.29, 1.82) is 0 Å². The van der Waals surface area contributed by atoms with Crippen molar-refractivity contribution in [3.05, 3.63) is 101 Å². The molecule has 0 fully saturated rings. The number of aliphatic imine (C=N–C) groups is 1. The molecule has 182 valence electrons. The molecule has 0 bridgehead atoms. The van der Waals surface area contributed by atoms with Crippen LogP contribution in [0, 0.1) is 20.6 Å². The third-order valence-electron chi connectivity index (χ3n) is 5.20. The molecule has 3 aromatic carbocycles. The topological polar surface area (TPSA) is 117 Å². The molecule has 4 rings (SSSR count). The van der Waals surface area contributed by atoms with Crippen LogP contribution < -0.4 is 9.47 Å². The van der Waals surface area contributed by atoms with Crippen LogP contribution in [0.15, 0.2) is 65.3 Å². The predicted molar refractivity (Wildman–Crippen MR) is 141 cm³/mol. The number of nitrogens with zero attached hydrogens (tertiary/aromatic N) is 2. The maximum Gasteiger partial charge on any atom is 0.363 e. The minimum Gasteiger partial charge on any atom is -0.493 e. The van der Waals surface area contributed by atoms with E-state index in [0.29, 0.717) is 20.3 Å². The third kappa shape index (κ3) is 5.09. The lowest BCUT2D eigenvalue weighted by molar-refractivity contribution is -0.385. The lowest BCUT2D eigenvalue weighted by Gasteiger charge is -2.13. The van der Waals surface area contributed by atoms with Gasteiger partial charge >= 0.3 is 11.9 Å². The fourth-order valence-electron chi connectivity index (χ4n) is 3.43. The molecule has 1 aliphatic rings. The lowest BCUT2D eigenvalue weighted by atomic mass is 10.1. The van der Waals surface area contributed by atoms with Crippen LogP contribution in [0.3, 0.4) is 0 Å². The van der Waals surface area contributed by atoms with Crippen LogP contribution in [-0.4, -0.2) is 29.9 Å². The molecular formula is C25H16ClIN2O7. The van der Waals surface area contributed by atoms with E-state index in [2.05, 4.69) is 4.99 Å².